The topological polar surface area (TPSA) is 16.4 Å². The van der Waals surface area contributed by atoms with Crippen LogP contribution < -0.4 is 4.90 Å². The maximum absolute atomic E-state index is 6.56. The molecule has 0 radical (unpaired) electrons. The summed E-state index contributed by atoms with van der Waals surface area (Å²) in [7, 11) is 0. The van der Waals surface area contributed by atoms with Crippen LogP contribution in [-0.2, 0) is 5.41 Å². The Kier molecular flexibility index (Phi) is 5.58. The summed E-state index contributed by atoms with van der Waals surface area (Å²) in [6.45, 7) is 4.68. The van der Waals surface area contributed by atoms with Crippen molar-refractivity contribution < 1.29 is 4.42 Å². The van der Waals surface area contributed by atoms with E-state index in [-0.39, 0.29) is 5.41 Å². The van der Waals surface area contributed by atoms with Gasteiger partial charge in [-0.3, -0.25) is 0 Å². The fourth-order valence-electron chi connectivity index (χ4n) is 7.37. The molecule has 8 aromatic rings. The van der Waals surface area contributed by atoms with E-state index in [1.54, 1.807) is 0 Å². The second kappa shape index (κ2) is 9.70. The molecule has 1 aliphatic carbocycles. The van der Waals surface area contributed by atoms with Crippen molar-refractivity contribution in [3.05, 3.63) is 163 Å². The van der Waals surface area contributed by atoms with Crippen molar-refractivity contribution in [2.24, 2.45) is 0 Å². The molecule has 0 spiro atoms. The fraction of sp³-hybridized carbons (Fsp3) is 0.0698. The van der Waals surface area contributed by atoms with E-state index in [4.69, 9.17) is 4.42 Å². The van der Waals surface area contributed by atoms with Crippen LogP contribution in [0.25, 0.3) is 55.0 Å². The molecule has 0 N–H and O–H groups in total. The molecule has 0 amide bonds. The second-order valence-corrected chi connectivity index (χ2v) is 12.6. The smallest absolute Gasteiger partial charge is 0.137 e. The third kappa shape index (κ3) is 3.96. The average Bonchev–Trinajstić information content (AvgIpc) is 3.55. The van der Waals surface area contributed by atoms with Gasteiger partial charge in [0.15, 0.2) is 0 Å². The van der Waals surface area contributed by atoms with Crippen LogP contribution in [0.3, 0.4) is 0 Å². The van der Waals surface area contributed by atoms with Crippen LogP contribution in [0.1, 0.15) is 25.0 Å². The number of benzene rings is 7. The van der Waals surface area contributed by atoms with E-state index < -0.39 is 0 Å². The molecule has 1 heterocycles. The van der Waals surface area contributed by atoms with Gasteiger partial charge in [-0.15, -0.1) is 0 Å². The molecule has 0 fully saturated rings. The number of anilines is 3. The summed E-state index contributed by atoms with van der Waals surface area (Å²) in [5, 5.41) is 4.68. The normalized spacial score (nSPS) is 13.3. The van der Waals surface area contributed by atoms with Gasteiger partial charge in [0.25, 0.3) is 0 Å². The summed E-state index contributed by atoms with van der Waals surface area (Å²) in [6, 6.07) is 54.7. The van der Waals surface area contributed by atoms with Gasteiger partial charge in [-0.25, -0.2) is 0 Å². The minimum absolute atomic E-state index is 0.0878. The van der Waals surface area contributed by atoms with Crippen LogP contribution in [0.2, 0.25) is 0 Å². The Morgan fingerprint density at radius 1 is 0.489 bits per heavy atom. The zero-order valence-electron chi connectivity index (χ0n) is 25.3. The van der Waals surface area contributed by atoms with E-state index in [0.29, 0.717) is 0 Å². The lowest BCUT2D eigenvalue weighted by molar-refractivity contribution is 0.660. The first-order valence-electron chi connectivity index (χ1n) is 15.6. The van der Waals surface area contributed by atoms with E-state index in [9.17, 15) is 0 Å². The zero-order chi connectivity index (χ0) is 30.1. The van der Waals surface area contributed by atoms with Crippen LogP contribution in [0.15, 0.2) is 156 Å². The van der Waals surface area contributed by atoms with Crippen molar-refractivity contribution in [2.45, 2.75) is 19.3 Å². The SMILES string of the molecule is CC1(C)c2ccccc2-c2c(N(c3ccc(-c4ccccc4)cc3)c3ccc4c(c3)oc3cc5ccccc5cc34)cccc21. The summed E-state index contributed by atoms with van der Waals surface area (Å²) < 4.78 is 6.56. The van der Waals surface area contributed by atoms with Crippen molar-refractivity contribution in [3.8, 4) is 22.3 Å². The molecule has 0 unspecified atom stereocenters. The highest BCUT2D eigenvalue weighted by Crippen LogP contribution is 2.54. The number of rotatable bonds is 4. The van der Waals surface area contributed by atoms with Crippen molar-refractivity contribution in [1.29, 1.82) is 0 Å². The van der Waals surface area contributed by atoms with Gasteiger partial charge in [0.1, 0.15) is 11.2 Å². The largest absolute Gasteiger partial charge is 0.456 e. The van der Waals surface area contributed by atoms with Crippen molar-refractivity contribution in [2.75, 3.05) is 4.90 Å². The van der Waals surface area contributed by atoms with Crippen LogP contribution in [0.4, 0.5) is 17.1 Å². The lowest BCUT2D eigenvalue weighted by atomic mass is 9.82. The molecule has 2 heteroatoms. The Bertz CT molecular complexity index is 2400. The highest BCUT2D eigenvalue weighted by molar-refractivity contribution is 6.11. The standard InChI is InChI=1S/C43H31NO/c1-43(2)37-16-9-8-15-35(37)42-38(43)17-10-18-39(42)44(32-21-19-29(20-22-32)28-11-4-3-5-12-28)33-23-24-34-36-25-30-13-6-7-14-31(30)26-40(36)45-41(34)27-33/h3-27H,1-2H3. The molecular weight excluding hydrogens is 546 g/mol. The van der Waals surface area contributed by atoms with E-state index in [1.807, 2.05) is 0 Å². The Balaban J connectivity index is 1.27. The van der Waals surface area contributed by atoms with Gasteiger partial charge >= 0.3 is 0 Å². The summed E-state index contributed by atoms with van der Waals surface area (Å²) >= 11 is 0. The summed E-state index contributed by atoms with van der Waals surface area (Å²) in [4.78, 5) is 2.40. The van der Waals surface area contributed by atoms with Gasteiger partial charge in [0, 0.05) is 39.2 Å². The van der Waals surface area contributed by atoms with Crippen molar-refractivity contribution in [1.82, 2.24) is 0 Å². The Morgan fingerprint density at radius 3 is 1.96 bits per heavy atom. The molecule has 0 saturated heterocycles. The summed E-state index contributed by atoms with van der Waals surface area (Å²) in [6.07, 6.45) is 0. The third-order valence-corrected chi connectivity index (χ3v) is 9.64. The van der Waals surface area contributed by atoms with Gasteiger partial charge < -0.3 is 9.32 Å². The molecular formula is C43H31NO. The van der Waals surface area contributed by atoms with Crippen LogP contribution in [0, 0.1) is 0 Å². The lowest BCUT2D eigenvalue weighted by Crippen LogP contribution is -2.16. The molecule has 9 rings (SSSR count). The molecule has 45 heavy (non-hydrogen) atoms. The molecule has 0 aliphatic heterocycles. The summed E-state index contributed by atoms with van der Waals surface area (Å²) in [5.74, 6) is 0. The monoisotopic (exact) mass is 577 g/mol. The molecule has 1 aromatic heterocycles. The minimum atomic E-state index is -0.0878. The number of hydrogen-bond acceptors (Lipinski definition) is 2. The van der Waals surface area contributed by atoms with Crippen LogP contribution >= 0.6 is 0 Å². The quantitative estimate of drug-likeness (QED) is 0.207. The molecule has 0 atom stereocenters. The number of furan rings is 1. The average molecular weight is 578 g/mol. The predicted molar refractivity (Wildman–Crippen MR) is 189 cm³/mol. The van der Waals surface area contributed by atoms with Crippen LogP contribution in [-0.4, -0.2) is 0 Å². The molecule has 7 aromatic carbocycles. The third-order valence-electron chi connectivity index (χ3n) is 9.64. The molecule has 214 valence electrons. The highest BCUT2D eigenvalue weighted by Gasteiger charge is 2.37. The lowest BCUT2D eigenvalue weighted by Gasteiger charge is -2.29. The van der Waals surface area contributed by atoms with Gasteiger partial charge in [-0.2, -0.15) is 0 Å². The van der Waals surface area contributed by atoms with Crippen LogP contribution in [0.5, 0.6) is 0 Å². The Labute approximate surface area is 262 Å². The van der Waals surface area contributed by atoms with E-state index in [0.717, 1.165) is 33.3 Å². The number of fused-ring (bicyclic) bond motifs is 7. The predicted octanol–water partition coefficient (Wildman–Crippen LogP) is 12.2. The molecule has 1 aliphatic rings. The summed E-state index contributed by atoms with van der Waals surface area (Å²) in [5.41, 5.74) is 12.8. The van der Waals surface area contributed by atoms with Crippen molar-refractivity contribution >= 4 is 49.8 Å². The first-order valence-corrected chi connectivity index (χ1v) is 15.6. The van der Waals surface area contributed by atoms with E-state index in [1.165, 1.54) is 49.8 Å². The number of nitrogens with zero attached hydrogens (tertiary/aromatic N) is 1. The Hall–Kier alpha value is -5.60. The highest BCUT2D eigenvalue weighted by atomic mass is 16.3. The van der Waals surface area contributed by atoms with Crippen molar-refractivity contribution in [3.63, 3.8) is 0 Å². The maximum Gasteiger partial charge on any atom is 0.137 e. The van der Waals surface area contributed by atoms with E-state index >= 15 is 0 Å². The second-order valence-electron chi connectivity index (χ2n) is 12.6. The first kappa shape index (κ1) is 25.9. The van der Waals surface area contributed by atoms with Gasteiger partial charge in [0.05, 0.1) is 5.69 Å². The minimum Gasteiger partial charge on any atom is -0.456 e. The fourth-order valence-corrected chi connectivity index (χ4v) is 7.37. The first-order chi connectivity index (χ1) is 22.1. The number of hydrogen-bond donors (Lipinski definition) is 0. The Morgan fingerprint density at radius 2 is 1.13 bits per heavy atom. The molecule has 0 bridgehead atoms. The van der Waals surface area contributed by atoms with Gasteiger partial charge in [0.2, 0.25) is 0 Å². The van der Waals surface area contributed by atoms with Gasteiger partial charge in [-0.1, -0.05) is 117 Å². The zero-order valence-corrected chi connectivity index (χ0v) is 25.3. The van der Waals surface area contributed by atoms with Gasteiger partial charge in [-0.05, 0) is 81.1 Å². The maximum atomic E-state index is 6.56. The molecule has 2 nitrogen and oxygen atoms in total. The molecule has 0 saturated carbocycles. The van der Waals surface area contributed by atoms with E-state index in [2.05, 4.69) is 170 Å².